The van der Waals surface area contributed by atoms with Crippen LogP contribution in [0, 0.1) is 11.3 Å². The quantitative estimate of drug-likeness (QED) is 0.665. The van der Waals surface area contributed by atoms with E-state index in [1.165, 1.54) is 4.90 Å². The fraction of sp³-hybridized carbons (Fsp3) is 0.217. The van der Waals surface area contributed by atoms with Crippen LogP contribution in [-0.2, 0) is 0 Å². The van der Waals surface area contributed by atoms with E-state index >= 15 is 0 Å². The van der Waals surface area contributed by atoms with Crippen LogP contribution in [0.2, 0.25) is 0 Å². The number of hydrogen-bond acceptors (Lipinski definition) is 4. The summed E-state index contributed by atoms with van der Waals surface area (Å²) in [6, 6.07) is 19.1. The van der Waals surface area contributed by atoms with Crippen molar-refractivity contribution in [2.45, 2.75) is 18.8 Å². The number of nitrogens with two attached hydrogens (primary N) is 1. The monoisotopic (exact) mass is 402 g/mol. The lowest BCUT2D eigenvalue weighted by Crippen LogP contribution is -2.38. The Bertz CT molecular complexity index is 1080. The van der Waals surface area contributed by atoms with Gasteiger partial charge in [0.05, 0.1) is 5.69 Å². The van der Waals surface area contributed by atoms with Gasteiger partial charge >= 0.3 is 6.09 Å². The van der Waals surface area contributed by atoms with Gasteiger partial charge in [0.25, 0.3) is 0 Å². The number of rotatable bonds is 4. The number of nitrogen functional groups attached to an aromatic ring is 1. The maximum absolute atomic E-state index is 11.4. The van der Waals surface area contributed by atoms with Crippen LogP contribution in [0.15, 0.2) is 60.8 Å². The third kappa shape index (κ3) is 3.80. The normalized spacial score (nSPS) is 16.1. The number of carboxylic acid groups (broad SMARTS) is 1. The molecule has 3 N–H and O–H groups in total. The smallest absolute Gasteiger partial charge is 0.407 e. The summed E-state index contributed by atoms with van der Waals surface area (Å²) < 4.78 is 7.58. The Labute approximate surface area is 174 Å². The van der Waals surface area contributed by atoms with Crippen molar-refractivity contribution in [3.8, 4) is 23.3 Å². The molecule has 1 amide bonds. The molecule has 152 valence electrons. The number of nitrogens with zero attached hydrogens (tertiary/aromatic N) is 3. The highest BCUT2D eigenvalue weighted by Crippen LogP contribution is 2.35. The van der Waals surface area contributed by atoms with E-state index < -0.39 is 6.09 Å². The first-order valence-electron chi connectivity index (χ1n) is 9.79. The van der Waals surface area contributed by atoms with E-state index in [0.717, 1.165) is 29.8 Å². The maximum Gasteiger partial charge on any atom is 0.407 e. The Kier molecular flexibility index (Phi) is 5.31. The first-order chi connectivity index (χ1) is 14.6. The average Bonchev–Trinajstić information content (AvgIpc) is 3.11. The molecule has 7 nitrogen and oxygen atoms in total. The molecule has 1 fully saturated rings. The molecule has 0 aliphatic carbocycles. The summed E-state index contributed by atoms with van der Waals surface area (Å²) in [5.74, 6) is 1.41. The van der Waals surface area contributed by atoms with E-state index in [9.17, 15) is 15.2 Å². The standard InChI is InChI=1S/C23H22N4O3/c24-13-21-22(25)20(16-5-4-12-26(14-16)23(28)29)15-27(21)17-8-10-19(11-9-17)30-18-6-2-1-3-7-18/h1-3,6-11,15-16H,4-5,12,14,25H2,(H,28,29). The molecule has 2 aromatic carbocycles. The lowest BCUT2D eigenvalue weighted by atomic mass is 9.91. The second kappa shape index (κ2) is 8.21. The van der Waals surface area contributed by atoms with Gasteiger partial charge in [-0.2, -0.15) is 5.26 Å². The zero-order chi connectivity index (χ0) is 21.1. The minimum absolute atomic E-state index is 0.0242. The highest BCUT2D eigenvalue weighted by atomic mass is 16.5. The summed E-state index contributed by atoms with van der Waals surface area (Å²) in [4.78, 5) is 12.8. The van der Waals surface area contributed by atoms with Crippen molar-refractivity contribution in [1.29, 1.82) is 5.26 Å². The Morgan fingerprint density at radius 3 is 2.50 bits per heavy atom. The van der Waals surface area contributed by atoms with E-state index in [1.807, 2.05) is 60.8 Å². The van der Waals surface area contributed by atoms with Crippen LogP contribution in [0.4, 0.5) is 10.5 Å². The second-order valence-corrected chi connectivity index (χ2v) is 7.31. The van der Waals surface area contributed by atoms with Crippen LogP contribution in [0.25, 0.3) is 5.69 Å². The van der Waals surface area contributed by atoms with Crippen molar-refractivity contribution in [3.63, 3.8) is 0 Å². The van der Waals surface area contributed by atoms with Gasteiger partial charge in [0, 0.05) is 30.9 Å². The third-order valence-corrected chi connectivity index (χ3v) is 5.41. The van der Waals surface area contributed by atoms with Crippen molar-refractivity contribution >= 4 is 11.8 Å². The molecule has 0 spiro atoms. The Hall–Kier alpha value is -3.92. The third-order valence-electron chi connectivity index (χ3n) is 5.41. The number of amides is 1. The molecule has 0 saturated carbocycles. The fourth-order valence-corrected chi connectivity index (χ4v) is 3.89. The van der Waals surface area contributed by atoms with Gasteiger partial charge in [0.15, 0.2) is 0 Å². The zero-order valence-electron chi connectivity index (χ0n) is 16.4. The molecule has 1 unspecified atom stereocenters. The van der Waals surface area contributed by atoms with Gasteiger partial charge in [-0.1, -0.05) is 18.2 Å². The van der Waals surface area contributed by atoms with Crippen LogP contribution >= 0.6 is 0 Å². The summed E-state index contributed by atoms with van der Waals surface area (Å²) in [6.07, 6.45) is 2.55. The van der Waals surface area contributed by atoms with Gasteiger partial charge in [0.2, 0.25) is 0 Å². The number of nitriles is 1. The van der Waals surface area contributed by atoms with Crippen LogP contribution in [0.5, 0.6) is 11.5 Å². The van der Waals surface area contributed by atoms with Crippen molar-refractivity contribution in [2.24, 2.45) is 0 Å². The highest BCUT2D eigenvalue weighted by molar-refractivity contribution is 5.66. The van der Waals surface area contributed by atoms with Gasteiger partial charge in [0.1, 0.15) is 23.3 Å². The summed E-state index contributed by atoms with van der Waals surface area (Å²) >= 11 is 0. The average molecular weight is 402 g/mol. The first-order valence-corrected chi connectivity index (χ1v) is 9.79. The van der Waals surface area contributed by atoms with Gasteiger partial charge in [-0.3, -0.25) is 0 Å². The molecule has 4 rings (SSSR count). The predicted octanol–water partition coefficient (Wildman–Crippen LogP) is 4.58. The van der Waals surface area contributed by atoms with E-state index in [4.69, 9.17) is 10.5 Å². The van der Waals surface area contributed by atoms with Crippen LogP contribution < -0.4 is 10.5 Å². The summed E-state index contributed by atoms with van der Waals surface area (Å²) in [6.45, 7) is 0.915. The fourth-order valence-electron chi connectivity index (χ4n) is 3.89. The van der Waals surface area contributed by atoms with Gasteiger partial charge in [-0.05, 0) is 54.8 Å². The highest BCUT2D eigenvalue weighted by Gasteiger charge is 2.28. The zero-order valence-corrected chi connectivity index (χ0v) is 16.4. The van der Waals surface area contributed by atoms with Crippen molar-refractivity contribution in [1.82, 2.24) is 9.47 Å². The number of aromatic nitrogens is 1. The second-order valence-electron chi connectivity index (χ2n) is 7.31. The molecule has 1 aromatic heterocycles. The van der Waals surface area contributed by atoms with Crippen LogP contribution in [0.1, 0.15) is 30.0 Å². The van der Waals surface area contributed by atoms with Crippen LogP contribution in [-0.4, -0.2) is 33.8 Å². The van der Waals surface area contributed by atoms with Gasteiger partial charge < -0.3 is 25.0 Å². The minimum Gasteiger partial charge on any atom is -0.465 e. The van der Waals surface area contributed by atoms with Crippen molar-refractivity contribution in [3.05, 3.63) is 72.1 Å². The van der Waals surface area contributed by atoms with E-state index in [2.05, 4.69) is 6.07 Å². The largest absolute Gasteiger partial charge is 0.465 e. The number of benzene rings is 2. The van der Waals surface area contributed by atoms with E-state index in [1.54, 1.807) is 4.57 Å². The molecular weight excluding hydrogens is 380 g/mol. The minimum atomic E-state index is -0.924. The molecule has 0 radical (unpaired) electrons. The number of hydrogen-bond donors (Lipinski definition) is 2. The number of anilines is 1. The summed E-state index contributed by atoms with van der Waals surface area (Å²) in [7, 11) is 0. The number of piperidine rings is 1. The lowest BCUT2D eigenvalue weighted by molar-refractivity contribution is 0.130. The topological polar surface area (TPSA) is 105 Å². The molecule has 2 heterocycles. The van der Waals surface area contributed by atoms with Crippen molar-refractivity contribution < 1.29 is 14.6 Å². The number of para-hydroxylation sites is 1. The summed E-state index contributed by atoms with van der Waals surface area (Å²) in [5, 5.41) is 19.0. The van der Waals surface area contributed by atoms with E-state index in [0.29, 0.717) is 30.2 Å². The van der Waals surface area contributed by atoms with Gasteiger partial charge in [-0.15, -0.1) is 0 Å². The molecule has 1 aliphatic rings. The SMILES string of the molecule is N#Cc1c(N)c(C2CCCN(C(=O)O)C2)cn1-c1ccc(Oc2ccccc2)cc1. The summed E-state index contributed by atoms with van der Waals surface area (Å²) in [5.41, 5.74) is 8.68. The molecule has 1 saturated heterocycles. The Morgan fingerprint density at radius 2 is 1.83 bits per heavy atom. The first kappa shape index (κ1) is 19.4. The number of carbonyl (C=O) groups is 1. The predicted molar refractivity (Wildman–Crippen MR) is 113 cm³/mol. The van der Waals surface area contributed by atoms with Gasteiger partial charge in [-0.25, -0.2) is 4.79 Å². The molecule has 7 heteroatoms. The van der Waals surface area contributed by atoms with Crippen LogP contribution in [0.3, 0.4) is 0 Å². The Morgan fingerprint density at radius 1 is 1.13 bits per heavy atom. The molecule has 3 aromatic rings. The molecule has 0 bridgehead atoms. The Balaban J connectivity index is 1.61. The molecule has 1 atom stereocenters. The maximum atomic E-state index is 11.4. The molecule has 30 heavy (non-hydrogen) atoms. The number of ether oxygens (including phenoxy) is 1. The molecule has 1 aliphatic heterocycles. The molecular formula is C23H22N4O3. The van der Waals surface area contributed by atoms with Crippen molar-refractivity contribution in [2.75, 3.05) is 18.8 Å². The number of likely N-dealkylation sites (tertiary alicyclic amines) is 1. The van der Waals surface area contributed by atoms with E-state index in [-0.39, 0.29) is 5.92 Å². The lowest BCUT2D eigenvalue weighted by Gasteiger charge is -2.30.